The van der Waals surface area contributed by atoms with Gasteiger partial charge in [-0.05, 0) is 60.2 Å². The lowest BCUT2D eigenvalue weighted by Crippen LogP contribution is -2.15. The molecule has 5 rings (SSSR count). The maximum atomic E-state index is 13.0. The van der Waals surface area contributed by atoms with Crippen molar-refractivity contribution in [2.45, 2.75) is 5.16 Å². The summed E-state index contributed by atoms with van der Waals surface area (Å²) in [6, 6.07) is 32.8. The molecule has 1 amide bonds. The van der Waals surface area contributed by atoms with Crippen LogP contribution in [0.4, 0.5) is 5.69 Å². The molecule has 6 nitrogen and oxygen atoms in total. The Labute approximate surface area is 224 Å². The summed E-state index contributed by atoms with van der Waals surface area (Å²) in [7, 11) is 1.63. The Morgan fingerprint density at radius 1 is 0.865 bits per heavy atom. The molecule has 0 saturated heterocycles. The Hall–Kier alpha value is -4.07. The van der Waals surface area contributed by atoms with E-state index >= 15 is 0 Å². The van der Waals surface area contributed by atoms with Crippen LogP contribution in [0.5, 0.6) is 5.75 Å². The number of amides is 1. The molecule has 0 unspecified atom stereocenters. The highest BCUT2D eigenvalue weighted by Crippen LogP contribution is 2.31. The van der Waals surface area contributed by atoms with Crippen molar-refractivity contribution in [3.8, 4) is 34.0 Å². The largest absolute Gasteiger partial charge is 0.497 e. The molecule has 0 bridgehead atoms. The van der Waals surface area contributed by atoms with Crippen LogP contribution < -0.4 is 10.1 Å². The first-order valence-electron chi connectivity index (χ1n) is 11.6. The highest BCUT2D eigenvalue weighted by atomic mass is 35.5. The van der Waals surface area contributed by atoms with E-state index in [2.05, 4.69) is 15.5 Å². The van der Waals surface area contributed by atoms with Crippen LogP contribution in [0, 0.1) is 0 Å². The van der Waals surface area contributed by atoms with Crippen molar-refractivity contribution >= 4 is 35.0 Å². The van der Waals surface area contributed by atoms with Gasteiger partial charge in [-0.25, -0.2) is 0 Å². The van der Waals surface area contributed by atoms with Gasteiger partial charge in [0.2, 0.25) is 5.91 Å². The van der Waals surface area contributed by atoms with Gasteiger partial charge < -0.3 is 10.1 Å². The second kappa shape index (κ2) is 11.3. The predicted molar refractivity (Wildman–Crippen MR) is 150 cm³/mol. The van der Waals surface area contributed by atoms with Crippen LogP contribution in [-0.4, -0.2) is 33.5 Å². The second-order valence-corrected chi connectivity index (χ2v) is 9.47. The number of nitrogens with zero attached hydrogens (tertiary/aromatic N) is 3. The van der Waals surface area contributed by atoms with E-state index in [9.17, 15) is 4.79 Å². The van der Waals surface area contributed by atoms with Crippen LogP contribution in [0.2, 0.25) is 5.02 Å². The summed E-state index contributed by atoms with van der Waals surface area (Å²) < 4.78 is 7.24. The number of rotatable bonds is 8. The van der Waals surface area contributed by atoms with Crippen LogP contribution in [0.25, 0.3) is 28.2 Å². The van der Waals surface area contributed by atoms with Crippen LogP contribution >= 0.6 is 23.4 Å². The van der Waals surface area contributed by atoms with Gasteiger partial charge in [0, 0.05) is 27.5 Å². The maximum absolute atomic E-state index is 13.0. The van der Waals surface area contributed by atoms with Crippen molar-refractivity contribution in [3.63, 3.8) is 0 Å². The topological polar surface area (TPSA) is 69.0 Å². The normalized spacial score (nSPS) is 10.8. The molecule has 184 valence electrons. The first-order valence-corrected chi connectivity index (χ1v) is 12.9. The summed E-state index contributed by atoms with van der Waals surface area (Å²) in [6.07, 6.45) is 0. The molecule has 8 heteroatoms. The number of hydrogen-bond acceptors (Lipinski definition) is 5. The van der Waals surface area contributed by atoms with Crippen LogP contribution in [0.15, 0.2) is 108 Å². The first-order chi connectivity index (χ1) is 18.1. The van der Waals surface area contributed by atoms with Gasteiger partial charge >= 0.3 is 0 Å². The molecule has 0 aliphatic rings. The van der Waals surface area contributed by atoms with E-state index < -0.39 is 0 Å². The Bertz CT molecular complexity index is 1500. The van der Waals surface area contributed by atoms with E-state index in [1.807, 2.05) is 108 Å². The van der Waals surface area contributed by atoms with E-state index in [4.69, 9.17) is 16.3 Å². The van der Waals surface area contributed by atoms with Gasteiger partial charge in [0.05, 0.1) is 12.9 Å². The smallest absolute Gasteiger partial charge is 0.234 e. The lowest BCUT2D eigenvalue weighted by atomic mass is 10.0. The van der Waals surface area contributed by atoms with Crippen molar-refractivity contribution < 1.29 is 9.53 Å². The first kappa shape index (κ1) is 24.6. The van der Waals surface area contributed by atoms with Crippen molar-refractivity contribution in [1.82, 2.24) is 14.8 Å². The average molecular weight is 527 g/mol. The van der Waals surface area contributed by atoms with Gasteiger partial charge in [0.25, 0.3) is 0 Å². The van der Waals surface area contributed by atoms with Crippen molar-refractivity contribution in [2.75, 3.05) is 18.2 Å². The molecule has 4 aromatic carbocycles. The third-order valence-corrected chi connectivity index (χ3v) is 6.87. The SMILES string of the molecule is COc1ccc(-n2c(SCC(=O)Nc3ccccc3-c3ccccc3)nnc2-c2ccc(Cl)cc2)cc1. The van der Waals surface area contributed by atoms with Gasteiger partial charge in [0.1, 0.15) is 5.75 Å². The number of nitrogens with one attached hydrogen (secondary N) is 1. The minimum atomic E-state index is -0.134. The van der Waals surface area contributed by atoms with Gasteiger partial charge in [0.15, 0.2) is 11.0 Å². The minimum Gasteiger partial charge on any atom is -0.497 e. The highest BCUT2D eigenvalue weighted by Gasteiger charge is 2.18. The molecule has 1 aromatic heterocycles. The number of para-hydroxylation sites is 1. The molecule has 0 radical (unpaired) electrons. The number of anilines is 1. The lowest BCUT2D eigenvalue weighted by molar-refractivity contribution is -0.113. The summed E-state index contributed by atoms with van der Waals surface area (Å²) in [5.74, 6) is 1.43. The maximum Gasteiger partial charge on any atom is 0.234 e. The fourth-order valence-electron chi connectivity index (χ4n) is 3.89. The van der Waals surface area contributed by atoms with Gasteiger partial charge in [-0.2, -0.15) is 0 Å². The molecule has 37 heavy (non-hydrogen) atoms. The molecular weight excluding hydrogens is 504 g/mol. The zero-order chi connectivity index (χ0) is 25.6. The van der Waals surface area contributed by atoms with Crippen molar-refractivity contribution in [3.05, 3.63) is 108 Å². The average Bonchev–Trinajstić information content (AvgIpc) is 3.37. The summed E-state index contributed by atoms with van der Waals surface area (Å²) >= 11 is 7.41. The molecule has 0 atom stereocenters. The van der Waals surface area contributed by atoms with Crippen molar-refractivity contribution in [2.24, 2.45) is 0 Å². The van der Waals surface area contributed by atoms with Crippen LogP contribution in [0.1, 0.15) is 0 Å². The Morgan fingerprint density at radius 3 is 2.30 bits per heavy atom. The molecule has 0 saturated carbocycles. The third kappa shape index (κ3) is 5.69. The lowest BCUT2D eigenvalue weighted by Gasteiger charge is -2.12. The fourth-order valence-corrected chi connectivity index (χ4v) is 4.77. The fraction of sp³-hybridized carbons (Fsp3) is 0.0690. The number of hydrogen-bond donors (Lipinski definition) is 1. The molecule has 0 aliphatic heterocycles. The van der Waals surface area contributed by atoms with Crippen LogP contribution in [-0.2, 0) is 4.79 Å². The Morgan fingerprint density at radius 2 is 1.57 bits per heavy atom. The number of carbonyl (C=O) groups is 1. The molecule has 5 aromatic rings. The summed E-state index contributed by atoms with van der Waals surface area (Å²) in [5, 5.41) is 13.1. The second-order valence-electron chi connectivity index (χ2n) is 8.09. The molecule has 0 aliphatic carbocycles. The van der Waals surface area contributed by atoms with E-state index in [1.54, 1.807) is 7.11 Å². The zero-order valence-electron chi connectivity index (χ0n) is 20.0. The van der Waals surface area contributed by atoms with E-state index in [0.29, 0.717) is 16.0 Å². The molecule has 1 heterocycles. The third-order valence-electron chi connectivity index (χ3n) is 5.68. The number of halogens is 1. The molecule has 0 fully saturated rings. The van der Waals surface area contributed by atoms with Crippen molar-refractivity contribution in [1.29, 1.82) is 0 Å². The summed E-state index contributed by atoms with van der Waals surface area (Å²) in [5.41, 5.74) is 4.48. The van der Waals surface area contributed by atoms with E-state index in [-0.39, 0.29) is 11.7 Å². The van der Waals surface area contributed by atoms with Gasteiger partial charge in [-0.1, -0.05) is 71.9 Å². The molecule has 0 spiro atoms. The van der Waals surface area contributed by atoms with E-state index in [0.717, 1.165) is 33.8 Å². The number of thioether (sulfide) groups is 1. The number of ether oxygens (including phenoxy) is 1. The number of aromatic nitrogens is 3. The molecule has 1 N–H and O–H groups in total. The monoisotopic (exact) mass is 526 g/mol. The standard InChI is InChI=1S/C29H23ClN4O2S/c1-36-24-17-15-23(16-18-24)34-28(21-11-13-22(30)14-12-21)32-33-29(34)37-19-27(35)31-26-10-6-5-9-25(26)20-7-3-2-4-8-20/h2-18H,19H2,1H3,(H,31,35). The quantitative estimate of drug-likeness (QED) is 0.221. The predicted octanol–water partition coefficient (Wildman–Crippen LogP) is 6.99. The summed E-state index contributed by atoms with van der Waals surface area (Å²) in [6.45, 7) is 0. The van der Waals surface area contributed by atoms with Gasteiger partial charge in [-0.15, -0.1) is 10.2 Å². The van der Waals surface area contributed by atoms with E-state index in [1.165, 1.54) is 11.8 Å². The molecular formula is C29H23ClN4O2S. The number of carbonyl (C=O) groups excluding carboxylic acids is 1. The number of benzene rings is 4. The summed E-state index contributed by atoms with van der Waals surface area (Å²) in [4.78, 5) is 13.0. The van der Waals surface area contributed by atoms with Crippen LogP contribution in [0.3, 0.4) is 0 Å². The van der Waals surface area contributed by atoms with Gasteiger partial charge in [-0.3, -0.25) is 9.36 Å². The highest BCUT2D eigenvalue weighted by molar-refractivity contribution is 7.99. The minimum absolute atomic E-state index is 0.134. The Balaban J connectivity index is 1.39. The number of methoxy groups -OCH3 is 1. The Kier molecular flexibility index (Phi) is 7.54. The zero-order valence-corrected chi connectivity index (χ0v) is 21.5.